The molecule has 1 aromatic heterocycles. The van der Waals surface area contributed by atoms with Gasteiger partial charge in [0.2, 0.25) is 0 Å². The summed E-state index contributed by atoms with van der Waals surface area (Å²) in [6, 6.07) is 5.36. The van der Waals surface area contributed by atoms with Crippen LogP contribution in [-0.2, 0) is 19.3 Å². The van der Waals surface area contributed by atoms with Crippen molar-refractivity contribution < 1.29 is 0 Å². The molecule has 0 amide bonds. The number of aromatic nitrogens is 1. The molecule has 0 radical (unpaired) electrons. The summed E-state index contributed by atoms with van der Waals surface area (Å²) in [6.45, 7) is 4.45. The number of H-pyrrole nitrogens is 1. The molecule has 19 heavy (non-hydrogen) atoms. The lowest BCUT2D eigenvalue weighted by atomic mass is 9.89. The van der Waals surface area contributed by atoms with Gasteiger partial charge in [0, 0.05) is 22.6 Å². The average Bonchev–Trinajstić information content (AvgIpc) is 2.72. The van der Waals surface area contributed by atoms with Gasteiger partial charge in [-0.3, -0.25) is 0 Å². The predicted molar refractivity (Wildman–Crippen MR) is 81.9 cm³/mol. The van der Waals surface area contributed by atoms with Gasteiger partial charge >= 0.3 is 0 Å². The maximum Gasteiger partial charge on any atom is 0.0461 e. The zero-order chi connectivity index (χ0) is 13.4. The molecule has 0 saturated heterocycles. The molecule has 0 aliphatic heterocycles. The van der Waals surface area contributed by atoms with Crippen LogP contribution in [0.5, 0.6) is 0 Å². The van der Waals surface area contributed by atoms with Crippen molar-refractivity contribution in [1.82, 2.24) is 10.3 Å². The first kappa shape index (κ1) is 12.7. The molecule has 0 saturated carbocycles. The van der Waals surface area contributed by atoms with E-state index in [2.05, 4.69) is 36.3 Å². The van der Waals surface area contributed by atoms with E-state index in [1.165, 1.54) is 47.8 Å². The molecule has 3 rings (SSSR count). The summed E-state index contributed by atoms with van der Waals surface area (Å²) in [5.74, 6) is 0. The van der Waals surface area contributed by atoms with Crippen LogP contribution in [0.2, 0.25) is 0 Å². The van der Waals surface area contributed by atoms with Crippen LogP contribution in [0.1, 0.15) is 42.1 Å². The van der Waals surface area contributed by atoms with Gasteiger partial charge in [-0.15, -0.1) is 0 Å². The Bertz CT molecular complexity index is 595. The molecule has 1 aliphatic carbocycles. The fourth-order valence-electron chi connectivity index (χ4n) is 3.29. The maximum atomic E-state index is 3.58. The first-order chi connectivity index (χ1) is 9.19. The van der Waals surface area contributed by atoms with Crippen molar-refractivity contribution in [2.24, 2.45) is 0 Å². The monoisotopic (exact) mass is 256 g/mol. The number of nitrogens with one attached hydrogen (secondary N) is 2. The molecule has 1 atom stereocenters. The zero-order valence-corrected chi connectivity index (χ0v) is 12.3. The molecular weight excluding hydrogens is 232 g/mol. The van der Waals surface area contributed by atoms with Crippen LogP contribution < -0.4 is 5.32 Å². The number of aromatic amines is 1. The van der Waals surface area contributed by atoms with Gasteiger partial charge < -0.3 is 10.3 Å². The lowest BCUT2D eigenvalue weighted by Gasteiger charge is -2.16. The molecule has 1 aromatic carbocycles. The van der Waals surface area contributed by atoms with Crippen molar-refractivity contribution in [2.75, 3.05) is 7.05 Å². The highest BCUT2D eigenvalue weighted by molar-refractivity contribution is 5.86. The number of fused-ring (bicyclic) bond motifs is 2. The molecule has 102 valence electrons. The number of benzene rings is 1. The summed E-state index contributed by atoms with van der Waals surface area (Å²) in [5, 5.41) is 4.79. The molecule has 2 N–H and O–H groups in total. The molecule has 0 spiro atoms. The smallest absolute Gasteiger partial charge is 0.0461 e. The van der Waals surface area contributed by atoms with Gasteiger partial charge in [0.05, 0.1) is 0 Å². The lowest BCUT2D eigenvalue weighted by Crippen LogP contribution is -2.23. The summed E-state index contributed by atoms with van der Waals surface area (Å²) >= 11 is 0. The number of hydrogen-bond donors (Lipinski definition) is 2. The maximum absolute atomic E-state index is 3.58. The van der Waals surface area contributed by atoms with E-state index in [4.69, 9.17) is 0 Å². The van der Waals surface area contributed by atoms with Crippen LogP contribution in [0.15, 0.2) is 12.1 Å². The summed E-state index contributed by atoms with van der Waals surface area (Å²) < 4.78 is 0. The third kappa shape index (κ3) is 2.30. The van der Waals surface area contributed by atoms with E-state index in [0.717, 1.165) is 6.42 Å². The normalized spacial score (nSPS) is 16.6. The van der Waals surface area contributed by atoms with Crippen LogP contribution in [0.4, 0.5) is 0 Å². The summed E-state index contributed by atoms with van der Waals surface area (Å²) in [6.07, 6.45) is 6.31. The highest BCUT2D eigenvalue weighted by Crippen LogP contribution is 2.30. The lowest BCUT2D eigenvalue weighted by molar-refractivity contribution is 0.609. The first-order valence-corrected chi connectivity index (χ1v) is 7.49. The molecule has 0 bridgehead atoms. The number of hydrogen-bond acceptors (Lipinski definition) is 1. The van der Waals surface area contributed by atoms with Gasteiger partial charge in [-0.05, 0) is 81.8 Å². The van der Waals surface area contributed by atoms with E-state index >= 15 is 0 Å². The van der Waals surface area contributed by atoms with Crippen molar-refractivity contribution in [3.8, 4) is 0 Å². The van der Waals surface area contributed by atoms with E-state index in [9.17, 15) is 0 Å². The second-order valence-electron chi connectivity index (χ2n) is 6.00. The van der Waals surface area contributed by atoms with E-state index in [0.29, 0.717) is 6.04 Å². The molecule has 1 unspecified atom stereocenters. The standard InChI is InChI=1S/C17H24N2/c1-11(18-3)8-15-12(2)19-17-10-14-7-5-4-6-13(14)9-16(15)17/h9-11,18-19H,4-8H2,1-3H3. The molecule has 2 nitrogen and oxygen atoms in total. The van der Waals surface area contributed by atoms with Gasteiger partial charge in [-0.2, -0.15) is 0 Å². The molecule has 1 aliphatic rings. The zero-order valence-electron chi connectivity index (χ0n) is 12.3. The molecule has 2 heteroatoms. The van der Waals surface area contributed by atoms with Gasteiger partial charge in [0.15, 0.2) is 0 Å². The Hall–Kier alpha value is -1.28. The second-order valence-corrected chi connectivity index (χ2v) is 6.00. The van der Waals surface area contributed by atoms with Crippen LogP contribution in [0.3, 0.4) is 0 Å². The van der Waals surface area contributed by atoms with Crippen molar-refractivity contribution in [1.29, 1.82) is 0 Å². The average molecular weight is 256 g/mol. The Morgan fingerprint density at radius 3 is 2.58 bits per heavy atom. The SMILES string of the molecule is CNC(C)Cc1c(C)[nH]c2cc3c(cc12)CCCC3. The third-order valence-electron chi connectivity index (χ3n) is 4.59. The largest absolute Gasteiger partial charge is 0.358 e. The van der Waals surface area contributed by atoms with Gasteiger partial charge in [0.1, 0.15) is 0 Å². The summed E-state index contributed by atoms with van der Waals surface area (Å²) in [7, 11) is 2.04. The Balaban J connectivity index is 2.09. The summed E-state index contributed by atoms with van der Waals surface area (Å²) in [4.78, 5) is 3.58. The van der Waals surface area contributed by atoms with Crippen LogP contribution in [-0.4, -0.2) is 18.1 Å². The van der Waals surface area contributed by atoms with Crippen molar-refractivity contribution in [3.05, 3.63) is 34.5 Å². The fourth-order valence-corrected chi connectivity index (χ4v) is 3.29. The minimum Gasteiger partial charge on any atom is -0.358 e. The number of aryl methyl sites for hydroxylation is 3. The quantitative estimate of drug-likeness (QED) is 0.864. The van der Waals surface area contributed by atoms with Crippen molar-refractivity contribution in [2.45, 2.75) is 52.0 Å². The van der Waals surface area contributed by atoms with Crippen LogP contribution >= 0.6 is 0 Å². The van der Waals surface area contributed by atoms with E-state index in [-0.39, 0.29) is 0 Å². The van der Waals surface area contributed by atoms with E-state index in [1.54, 1.807) is 11.1 Å². The van der Waals surface area contributed by atoms with Crippen molar-refractivity contribution in [3.63, 3.8) is 0 Å². The highest BCUT2D eigenvalue weighted by atomic mass is 14.9. The minimum atomic E-state index is 0.522. The molecule has 2 aromatic rings. The first-order valence-electron chi connectivity index (χ1n) is 7.49. The molecule has 1 heterocycles. The summed E-state index contributed by atoms with van der Waals surface area (Å²) in [5.41, 5.74) is 7.30. The van der Waals surface area contributed by atoms with E-state index in [1.807, 2.05) is 7.05 Å². The van der Waals surface area contributed by atoms with Gasteiger partial charge in [-0.25, -0.2) is 0 Å². The minimum absolute atomic E-state index is 0.522. The van der Waals surface area contributed by atoms with Crippen LogP contribution in [0.25, 0.3) is 10.9 Å². The predicted octanol–water partition coefficient (Wildman–Crippen LogP) is 3.51. The van der Waals surface area contributed by atoms with Crippen LogP contribution in [0, 0.1) is 6.92 Å². The Morgan fingerprint density at radius 2 is 1.89 bits per heavy atom. The Morgan fingerprint density at radius 1 is 1.21 bits per heavy atom. The van der Waals surface area contributed by atoms with Gasteiger partial charge in [-0.1, -0.05) is 0 Å². The number of rotatable bonds is 3. The Labute approximate surface area is 115 Å². The van der Waals surface area contributed by atoms with Crippen molar-refractivity contribution >= 4 is 10.9 Å². The number of likely N-dealkylation sites (N-methyl/N-ethyl adjacent to an activating group) is 1. The fraction of sp³-hybridized carbons (Fsp3) is 0.529. The molecule has 0 fully saturated rings. The highest BCUT2D eigenvalue weighted by Gasteiger charge is 2.15. The van der Waals surface area contributed by atoms with E-state index < -0.39 is 0 Å². The molecular formula is C17H24N2. The van der Waals surface area contributed by atoms with Gasteiger partial charge in [0.25, 0.3) is 0 Å². The Kier molecular flexibility index (Phi) is 3.36. The third-order valence-corrected chi connectivity index (χ3v) is 4.59. The second kappa shape index (κ2) is 5.01. The topological polar surface area (TPSA) is 27.8 Å².